The molecule has 1 unspecified atom stereocenters. The maximum Gasteiger partial charge on any atom is 0.325 e. The summed E-state index contributed by atoms with van der Waals surface area (Å²) in [7, 11) is 9.62. The number of amides is 8. The average Bonchev–Trinajstić information content (AvgIpc) is 4.30. The zero-order chi connectivity index (χ0) is 58.7. The van der Waals surface area contributed by atoms with Crippen LogP contribution in [-0.2, 0) is 74.4 Å². The Labute approximate surface area is 463 Å². The topological polar surface area (TPSA) is 347 Å². The third-order valence-electron chi connectivity index (χ3n) is 12.3. The molecule has 81 heavy (non-hydrogen) atoms. The number of carbonyl (C=O) groups is 9. The van der Waals surface area contributed by atoms with Crippen LogP contribution in [0.25, 0.3) is 0 Å². The molecule has 0 aliphatic carbocycles. The van der Waals surface area contributed by atoms with Gasteiger partial charge in [-0.15, -0.1) is 0 Å². The van der Waals surface area contributed by atoms with E-state index in [1.165, 1.54) is 83.4 Å². The van der Waals surface area contributed by atoms with Crippen LogP contribution in [0, 0.1) is 0 Å². The maximum atomic E-state index is 13.4. The Hall–Kier alpha value is -10.1. The fraction of sp³-hybridized carbons (Fsp3) is 0.302. The second kappa shape index (κ2) is 26.0. The predicted octanol–water partition coefficient (Wildman–Crippen LogP) is 2.57. The van der Waals surface area contributed by atoms with Crippen LogP contribution in [0.1, 0.15) is 101 Å². The van der Waals surface area contributed by atoms with Gasteiger partial charge in [-0.25, -0.2) is 9.97 Å². The van der Waals surface area contributed by atoms with Gasteiger partial charge in [0, 0.05) is 106 Å². The molecule has 0 saturated heterocycles. The number of likely N-dealkylation sites (N-methyl/N-ethyl adjacent to an activating group) is 1. The minimum Gasteiger partial charge on any atom is -0.460 e. The number of nitrogens with one attached hydrogen (secondary N) is 9. The van der Waals surface area contributed by atoms with Gasteiger partial charge >= 0.3 is 5.97 Å². The molecule has 1 aromatic carbocycles. The Morgan fingerprint density at radius 1 is 0.531 bits per heavy atom. The third-order valence-corrected chi connectivity index (χ3v) is 12.3. The number of nitrogens with zero attached hydrogens (tertiary/aromatic N) is 8. The first-order chi connectivity index (χ1) is 38.5. The number of esters is 1. The molecule has 10 N–H and O–H groups in total. The van der Waals surface area contributed by atoms with Crippen molar-refractivity contribution in [2.24, 2.45) is 42.3 Å². The molecule has 28 heteroatoms. The van der Waals surface area contributed by atoms with Crippen molar-refractivity contribution >= 4 is 87.6 Å². The monoisotopic (exact) mass is 1110 g/mol. The molecule has 28 nitrogen and oxygen atoms in total. The molecule has 0 aliphatic rings. The number of aliphatic hydroxyl groups is 1. The highest BCUT2D eigenvalue weighted by Gasteiger charge is 2.23. The quantitative estimate of drug-likeness (QED) is 0.0236. The van der Waals surface area contributed by atoms with Gasteiger partial charge in [0.15, 0.2) is 11.6 Å². The molecule has 0 radical (unpaired) electrons. The summed E-state index contributed by atoms with van der Waals surface area (Å²) in [5, 5.41) is 34.2. The minimum atomic E-state index is -0.660. The van der Waals surface area contributed by atoms with Gasteiger partial charge in [0.25, 0.3) is 35.4 Å². The number of imidazole rings is 2. The summed E-state index contributed by atoms with van der Waals surface area (Å²) in [4.78, 5) is 124. The number of aromatic nitrogens is 8. The van der Waals surface area contributed by atoms with Gasteiger partial charge in [0.05, 0.1) is 22.7 Å². The van der Waals surface area contributed by atoms with Crippen LogP contribution in [0.5, 0.6) is 0 Å². The van der Waals surface area contributed by atoms with E-state index in [9.17, 15) is 48.3 Å². The van der Waals surface area contributed by atoms with Gasteiger partial charge in [0.2, 0.25) is 23.5 Å². The van der Waals surface area contributed by atoms with E-state index in [1.807, 2.05) is 19.1 Å². The number of aryl methyl sites for hydroxylation is 6. The van der Waals surface area contributed by atoms with Crippen molar-refractivity contribution in [2.75, 3.05) is 51.5 Å². The van der Waals surface area contributed by atoms with Crippen molar-refractivity contribution in [1.29, 1.82) is 0 Å². The van der Waals surface area contributed by atoms with E-state index in [-0.39, 0.29) is 83.9 Å². The largest absolute Gasteiger partial charge is 0.460 e. The lowest BCUT2D eigenvalue weighted by molar-refractivity contribution is -0.143. The molecule has 0 bridgehead atoms. The molecule has 6 heterocycles. The second-order valence-corrected chi connectivity index (χ2v) is 18.9. The number of aliphatic hydroxyl groups excluding tert-OH is 1. The van der Waals surface area contributed by atoms with E-state index < -0.39 is 54.2 Å². The molecule has 0 fully saturated rings. The molecule has 8 amide bonds. The maximum absolute atomic E-state index is 13.4. The van der Waals surface area contributed by atoms with E-state index in [1.54, 1.807) is 66.8 Å². The smallest absolute Gasteiger partial charge is 0.325 e. The van der Waals surface area contributed by atoms with Gasteiger partial charge in [-0.3, -0.25) is 48.5 Å². The van der Waals surface area contributed by atoms with Crippen LogP contribution >= 0.6 is 0 Å². The van der Waals surface area contributed by atoms with Gasteiger partial charge in [-0.2, -0.15) is 0 Å². The van der Waals surface area contributed by atoms with E-state index >= 15 is 0 Å². The van der Waals surface area contributed by atoms with Gasteiger partial charge < -0.3 is 79.8 Å². The average molecular weight is 1110 g/mol. The van der Waals surface area contributed by atoms with Crippen LogP contribution in [-0.4, -0.2) is 122 Å². The van der Waals surface area contributed by atoms with Crippen LogP contribution in [0.3, 0.4) is 0 Å². The second-order valence-electron chi connectivity index (χ2n) is 18.9. The lowest BCUT2D eigenvalue weighted by atomic mass is 10.1. The molecular formula is C53H63N17O11. The first kappa shape index (κ1) is 58.6. The molecule has 0 saturated carbocycles. The minimum absolute atomic E-state index is 0.00316. The molecule has 0 spiro atoms. The number of carbonyl (C=O) groups excluding carboxylic acids is 9. The molecule has 0 aliphatic heterocycles. The van der Waals surface area contributed by atoms with Gasteiger partial charge in [-0.1, -0.05) is 31.2 Å². The van der Waals surface area contributed by atoms with Crippen molar-refractivity contribution < 1.29 is 53.0 Å². The Kier molecular flexibility index (Phi) is 18.8. The third kappa shape index (κ3) is 15.6. The predicted molar refractivity (Wildman–Crippen MR) is 296 cm³/mol. The Bertz CT molecular complexity index is 3520. The number of hydrogen-bond donors (Lipinski definition) is 10. The van der Waals surface area contributed by atoms with Crippen molar-refractivity contribution in [1.82, 2.24) is 53.3 Å². The van der Waals surface area contributed by atoms with E-state index in [2.05, 4.69) is 57.8 Å². The fourth-order valence-corrected chi connectivity index (χ4v) is 8.36. The number of rotatable bonds is 24. The molecule has 1 atom stereocenters. The highest BCUT2D eigenvalue weighted by molar-refractivity contribution is 6.08. The Balaban J connectivity index is 0.816. The van der Waals surface area contributed by atoms with Crippen LogP contribution < -0.4 is 47.9 Å². The lowest BCUT2D eigenvalue weighted by Gasteiger charge is -2.11. The van der Waals surface area contributed by atoms with E-state index in [4.69, 9.17) is 4.74 Å². The summed E-state index contributed by atoms with van der Waals surface area (Å²) < 4.78 is 14.2. The van der Waals surface area contributed by atoms with E-state index in [0.717, 1.165) is 11.1 Å². The first-order valence-electron chi connectivity index (χ1n) is 25.3. The standard InChI is InChI=1S/C53H63N17O11/c1-9-54-44(73)17-31-12-14-32(15-13-31)29-81-45(74)22-56-49(76)38-19-34(24-66(38)4)59-51(78)40-21-35(25-68(40)6)60-50(77)39-18-33(23-67(39)5)58-43(72)11-10-16-55-48(75)37-20-36(26-65(37)3)61-52(79)46-63-42(28-70(46)8)64-53(80)47-62-41(27-69(47)7)57-30(2)71/h12-15,18-21,23-28,44,54,73H,9-11,16-17,22,29H2,1-8H3,(H,55,75)(H,56,76)(H,57,71)(H,58,72)(H,59,78)(H,60,77)(H,61,79)(H,64,80). The number of anilines is 6. The molecule has 7 rings (SSSR count). The molecular weight excluding hydrogens is 1050 g/mol. The van der Waals surface area contributed by atoms with Crippen LogP contribution in [0.4, 0.5) is 34.4 Å². The zero-order valence-corrected chi connectivity index (χ0v) is 45.7. The summed E-state index contributed by atoms with van der Waals surface area (Å²) in [6.07, 6.45) is 9.16. The Morgan fingerprint density at radius 3 is 1.46 bits per heavy atom. The van der Waals surface area contributed by atoms with Crippen molar-refractivity contribution in [3.05, 3.63) is 131 Å². The molecule has 426 valence electrons. The Morgan fingerprint density at radius 2 is 0.963 bits per heavy atom. The fourth-order valence-electron chi connectivity index (χ4n) is 8.36. The van der Waals surface area contributed by atoms with Gasteiger partial charge in [0.1, 0.15) is 42.2 Å². The molecule has 6 aromatic heterocycles. The lowest BCUT2D eigenvalue weighted by Crippen LogP contribution is -2.31. The van der Waals surface area contributed by atoms with Gasteiger partial charge in [-0.05, 0) is 48.4 Å². The van der Waals surface area contributed by atoms with Crippen LogP contribution in [0.15, 0.2) is 85.7 Å². The van der Waals surface area contributed by atoms with E-state index in [0.29, 0.717) is 35.7 Å². The highest BCUT2D eigenvalue weighted by Crippen LogP contribution is 2.21. The molecule has 7 aromatic rings. The zero-order valence-electron chi connectivity index (χ0n) is 45.7. The van der Waals surface area contributed by atoms with Crippen molar-refractivity contribution in [2.45, 2.75) is 45.9 Å². The summed E-state index contributed by atoms with van der Waals surface area (Å²) in [6.45, 7) is 3.60. The van der Waals surface area contributed by atoms with Crippen LogP contribution in [0.2, 0.25) is 0 Å². The summed E-state index contributed by atoms with van der Waals surface area (Å²) in [5.41, 5.74) is 3.67. The highest BCUT2D eigenvalue weighted by atomic mass is 16.5. The van der Waals surface area contributed by atoms with Crippen molar-refractivity contribution in [3.8, 4) is 0 Å². The summed E-state index contributed by atoms with van der Waals surface area (Å²) in [5.74, 6) is -4.48. The number of ether oxygens (including phenoxy) is 1. The van der Waals surface area contributed by atoms with Crippen molar-refractivity contribution in [3.63, 3.8) is 0 Å². The SMILES string of the molecule is CCNC(O)Cc1ccc(COC(=O)CNC(=O)c2cc(NC(=O)c3cc(NC(=O)c4cc(NC(=O)CCCNC(=O)c5cc(NC(=O)c6nc(NC(=O)c7nc(NC(C)=O)cn7C)cn6C)cn5C)cn4C)cn3C)cn2C)cc1. The summed E-state index contributed by atoms with van der Waals surface area (Å²) >= 11 is 0. The number of hydrogen-bond acceptors (Lipinski definition) is 14. The summed E-state index contributed by atoms with van der Waals surface area (Å²) in [6, 6.07) is 13.1. The first-order valence-corrected chi connectivity index (χ1v) is 25.3. The normalized spacial score (nSPS) is 11.3. The number of benzene rings is 1.